The summed E-state index contributed by atoms with van der Waals surface area (Å²) < 4.78 is 5.90. The molecule has 8 heteroatoms. The summed E-state index contributed by atoms with van der Waals surface area (Å²) in [7, 11) is 10.2. The van der Waals surface area contributed by atoms with E-state index in [0.29, 0.717) is 0 Å². The van der Waals surface area contributed by atoms with Gasteiger partial charge in [-0.15, -0.1) is 23.5 Å². The molecule has 0 saturated heterocycles. The highest BCUT2D eigenvalue weighted by molar-refractivity contribution is 7.99. The van der Waals surface area contributed by atoms with Gasteiger partial charge in [0.15, 0.2) is 0 Å². The van der Waals surface area contributed by atoms with E-state index in [1.165, 1.54) is 33.8 Å². The molecule has 0 amide bonds. The first-order valence-corrected chi connectivity index (χ1v) is 16.2. The molecule has 0 spiro atoms. The molecule has 1 aliphatic rings. The fraction of sp³-hybridized carbons (Fsp3) is 0.394. The maximum Gasteiger partial charge on any atom is 0.142 e. The first kappa shape index (κ1) is 29.7. The lowest BCUT2D eigenvalue weighted by atomic mass is 9.97. The average molecular weight is 588 g/mol. The highest BCUT2D eigenvalue weighted by Crippen LogP contribution is 2.37. The van der Waals surface area contributed by atoms with E-state index in [1.807, 2.05) is 23.5 Å². The number of aryl methyl sites for hydroxylation is 1. The third-order valence-corrected chi connectivity index (χ3v) is 9.43. The van der Waals surface area contributed by atoms with Crippen molar-refractivity contribution < 1.29 is 4.74 Å². The minimum Gasteiger partial charge on any atom is -0.496 e. The van der Waals surface area contributed by atoms with Gasteiger partial charge in [-0.1, -0.05) is 6.07 Å². The molecule has 6 nitrogen and oxygen atoms in total. The van der Waals surface area contributed by atoms with Crippen molar-refractivity contribution in [3.05, 3.63) is 65.2 Å². The molecule has 0 bridgehead atoms. The molecular formula is C33H41N5OS2. The van der Waals surface area contributed by atoms with E-state index in [1.54, 1.807) is 7.11 Å². The largest absolute Gasteiger partial charge is 0.496 e. The van der Waals surface area contributed by atoms with Crippen LogP contribution in [-0.2, 0) is 6.42 Å². The van der Waals surface area contributed by atoms with E-state index in [0.717, 1.165) is 76.1 Å². The van der Waals surface area contributed by atoms with Gasteiger partial charge < -0.3 is 19.5 Å². The molecular weight excluding hydrogens is 547 g/mol. The number of aliphatic imine (C=N–C) groups is 1. The van der Waals surface area contributed by atoms with E-state index in [-0.39, 0.29) is 0 Å². The molecule has 1 N–H and O–H groups in total. The highest BCUT2D eigenvalue weighted by Gasteiger charge is 2.21. The van der Waals surface area contributed by atoms with Gasteiger partial charge in [-0.3, -0.25) is 4.99 Å². The Morgan fingerprint density at radius 3 is 2.22 bits per heavy atom. The van der Waals surface area contributed by atoms with Crippen molar-refractivity contribution in [2.45, 2.75) is 36.0 Å². The fourth-order valence-electron chi connectivity index (χ4n) is 5.11. The summed E-state index contributed by atoms with van der Waals surface area (Å²) in [6.45, 7) is 4.37. The van der Waals surface area contributed by atoms with Gasteiger partial charge in [-0.25, -0.2) is 4.98 Å². The molecule has 2 heterocycles. The van der Waals surface area contributed by atoms with E-state index < -0.39 is 0 Å². The predicted octanol–water partition coefficient (Wildman–Crippen LogP) is 7.31. The lowest BCUT2D eigenvalue weighted by molar-refractivity contribution is 0.410. The Hall–Kier alpha value is -2.78. The van der Waals surface area contributed by atoms with Crippen molar-refractivity contribution in [3.8, 4) is 17.1 Å². The van der Waals surface area contributed by atoms with Crippen LogP contribution in [0.1, 0.15) is 29.5 Å². The minimum absolute atomic E-state index is 0.804. The number of hydrogen-bond donors (Lipinski definition) is 1. The molecule has 5 rings (SSSR count). The molecule has 0 unspecified atom stereocenters. The maximum absolute atomic E-state index is 5.90. The van der Waals surface area contributed by atoms with Gasteiger partial charge in [0, 0.05) is 21.8 Å². The van der Waals surface area contributed by atoms with Crippen molar-refractivity contribution >= 4 is 46.0 Å². The van der Waals surface area contributed by atoms with Crippen LogP contribution in [0.3, 0.4) is 0 Å². The summed E-state index contributed by atoms with van der Waals surface area (Å²) in [5.41, 5.74) is 8.76. The summed E-state index contributed by atoms with van der Waals surface area (Å²) in [5.74, 6) is 3.85. The zero-order valence-corrected chi connectivity index (χ0v) is 26.7. The van der Waals surface area contributed by atoms with Gasteiger partial charge in [-0.2, -0.15) is 0 Å². The van der Waals surface area contributed by atoms with Crippen molar-refractivity contribution in [1.82, 2.24) is 19.8 Å². The number of nitrogens with one attached hydrogen (secondary N) is 1. The monoisotopic (exact) mass is 587 g/mol. The number of nitrogens with zero attached hydrogens (tertiary/aromatic N) is 4. The highest BCUT2D eigenvalue weighted by atomic mass is 32.2. The maximum atomic E-state index is 5.90. The number of benzene rings is 3. The molecule has 3 aromatic carbocycles. The van der Waals surface area contributed by atoms with Gasteiger partial charge in [0.1, 0.15) is 11.6 Å². The molecule has 0 radical (unpaired) electrons. The molecule has 4 aromatic rings. The van der Waals surface area contributed by atoms with Crippen LogP contribution in [0.15, 0.2) is 63.3 Å². The van der Waals surface area contributed by atoms with Crippen molar-refractivity contribution in [2.24, 2.45) is 4.99 Å². The molecule has 1 aliphatic heterocycles. The molecule has 0 saturated carbocycles. The Kier molecular flexibility index (Phi) is 9.75. The first-order valence-electron chi connectivity index (χ1n) is 14.3. The molecule has 1 aromatic heterocycles. The molecule has 0 fully saturated rings. The van der Waals surface area contributed by atoms with Crippen LogP contribution < -0.4 is 4.74 Å². The average Bonchev–Trinajstić information content (AvgIpc) is 3.56. The van der Waals surface area contributed by atoms with E-state index >= 15 is 0 Å². The number of aromatic amines is 1. The van der Waals surface area contributed by atoms with E-state index in [2.05, 4.69) is 98.4 Å². The second-order valence-corrected chi connectivity index (χ2v) is 13.5. The van der Waals surface area contributed by atoms with Gasteiger partial charge in [0.25, 0.3) is 0 Å². The summed E-state index contributed by atoms with van der Waals surface area (Å²) in [6.07, 6.45) is 3.18. The van der Waals surface area contributed by atoms with E-state index in [9.17, 15) is 0 Å². The zero-order valence-electron chi connectivity index (χ0n) is 25.1. The number of methoxy groups -OCH3 is 1. The second kappa shape index (κ2) is 13.5. The number of ether oxygens (including phenoxy) is 1. The first-order chi connectivity index (χ1) is 19.8. The van der Waals surface area contributed by atoms with Crippen LogP contribution in [0, 0.1) is 6.92 Å². The number of hydrogen-bond acceptors (Lipinski definition) is 7. The van der Waals surface area contributed by atoms with Gasteiger partial charge >= 0.3 is 0 Å². The smallest absolute Gasteiger partial charge is 0.142 e. The van der Waals surface area contributed by atoms with Crippen molar-refractivity contribution in [1.29, 1.82) is 0 Å². The molecule has 216 valence electrons. The molecule has 0 atom stereocenters. The number of fused-ring (bicyclic) bond motifs is 2. The minimum atomic E-state index is 0.804. The van der Waals surface area contributed by atoms with Crippen LogP contribution in [-0.4, -0.2) is 85.4 Å². The Bertz CT molecular complexity index is 1540. The Labute approximate surface area is 253 Å². The number of imidazole rings is 1. The standard InChI is InChI=1S/C33H41N5OS2/c1-22-17-27(33-35-28-12-11-25(20-31(28)36-33)41-16-8-14-38(4)5)32(39-6)21-26(22)30-18-23-9-10-24(19-29(23)34-30)40-15-7-13-37(2)3/h9-12,17,19-21H,7-8,13-16,18H2,1-6H3,(H,35,36). The summed E-state index contributed by atoms with van der Waals surface area (Å²) in [4.78, 5) is 20.6. The summed E-state index contributed by atoms with van der Waals surface area (Å²) in [6, 6.07) is 17.5. The van der Waals surface area contributed by atoms with Gasteiger partial charge in [-0.05, 0) is 126 Å². The predicted molar refractivity (Wildman–Crippen MR) is 177 cm³/mol. The lowest BCUT2D eigenvalue weighted by Gasteiger charge is -2.12. The Balaban J connectivity index is 1.34. The van der Waals surface area contributed by atoms with Crippen LogP contribution in [0.2, 0.25) is 0 Å². The number of rotatable bonds is 13. The third-order valence-electron chi connectivity index (χ3n) is 7.27. The number of thioether (sulfide) groups is 2. The Morgan fingerprint density at radius 1 is 0.854 bits per heavy atom. The van der Waals surface area contributed by atoms with Gasteiger partial charge in [0.2, 0.25) is 0 Å². The Morgan fingerprint density at radius 2 is 1.54 bits per heavy atom. The van der Waals surface area contributed by atoms with Gasteiger partial charge in [0.05, 0.1) is 35.1 Å². The van der Waals surface area contributed by atoms with Crippen LogP contribution in [0.5, 0.6) is 5.75 Å². The topological polar surface area (TPSA) is 56.8 Å². The number of H-pyrrole nitrogens is 1. The summed E-state index contributed by atoms with van der Waals surface area (Å²) in [5, 5.41) is 0. The van der Waals surface area contributed by atoms with Crippen LogP contribution >= 0.6 is 23.5 Å². The van der Waals surface area contributed by atoms with Crippen LogP contribution in [0.25, 0.3) is 22.4 Å². The summed E-state index contributed by atoms with van der Waals surface area (Å²) >= 11 is 3.81. The quantitative estimate of drug-likeness (QED) is 0.131. The van der Waals surface area contributed by atoms with Crippen molar-refractivity contribution in [2.75, 3.05) is 59.9 Å². The SMILES string of the molecule is COc1cc(C2=Nc3cc(SCCCN(C)C)ccc3C2)c(C)cc1-c1nc2ccc(SCCCN(C)C)cc2[nH]1. The van der Waals surface area contributed by atoms with E-state index in [4.69, 9.17) is 14.7 Å². The molecule has 41 heavy (non-hydrogen) atoms. The number of aromatic nitrogens is 2. The zero-order chi connectivity index (χ0) is 28.9. The third kappa shape index (κ3) is 7.36. The lowest BCUT2D eigenvalue weighted by Crippen LogP contribution is -2.13. The van der Waals surface area contributed by atoms with Crippen molar-refractivity contribution in [3.63, 3.8) is 0 Å². The second-order valence-electron chi connectivity index (χ2n) is 11.2. The normalized spacial score (nSPS) is 12.9. The molecule has 0 aliphatic carbocycles. The van der Waals surface area contributed by atoms with Crippen LogP contribution in [0.4, 0.5) is 5.69 Å². The fourth-order valence-corrected chi connectivity index (χ4v) is 6.85.